The van der Waals surface area contributed by atoms with Gasteiger partial charge in [-0.1, -0.05) is 0 Å². The minimum atomic E-state index is 0.230. The zero-order chi connectivity index (χ0) is 13.2. The minimum Gasteiger partial charge on any atom is -0.354 e. The SMILES string of the molecule is CC(C)(C)N1CCN(c2cc(C#N)ccn2)CC1. The molecule has 1 aliphatic rings. The van der Waals surface area contributed by atoms with Crippen molar-refractivity contribution in [1.82, 2.24) is 9.88 Å². The van der Waals surface area contributed by atoms with Crippen molar-refractivity contribution < 1.29 is 0 Å². The molecule has 0 saturated carbocycles. The van der Waals surface area contributed by atoms with E-state index in [0.29, 0.717) is 5.56 Å². The minimum absolute atomic E-state index is 0.230. The van der Waals surface area contributed by atoms with E-state index in [0.717, 1.165) is 32.0 Å². The molecule has 0 aromatic carbocycles. The van der Waals surface area contributed by atoms with Crippen LogP contribution in [0.5, 0.6) is 0 Å². The maximum absolute atomic E-state index is 8.90. The van der Waals surface area contributed by atoms with Crippen molar-refractivity contribution >= 4 is 5.82 Å². The first kappa shape index (κ1) is 12.8. The van der Waals surface area contributed by atoms with E-state index < -0.39 is 0 Å². The molecule has 0 unspecified atom stereocenters. The zero-order valence-corrected chi connectivity index (χ0v) is 11.3. The van der Waals surface area contributed by atoms with Gasteiger partial charge < -0.3 is 4.90 Å². The van der Waals surface area contributed by atoms with Gasteiger partial charge in [0.25, 0.3) is 0 Å². The first-order chi connectivity index (χ1) is 8.50. The predicted octanol–water partition coefficient (Wildman–Crippen LogP) is 1.87. The van der Waals surface area contributed by atoms with Crippen molar-refractivity contribution in [1.29, 1.82) is 5.26 Å². The van der Waals surface area contributed by atoms with Crippen LogP contribution < -0.4 is 4.90 Å². The van der Waals surface area contributed by atoms with E-state index in [1.165, 1.54) is 0 Å². The summed E-state index contributed by atoms with van der Waals surface area (Å²) in [5.41, 5.74) is 0.909. The van der Waals surface area contributed by atoms with Crippen LogP contribution in [0, 0.1) is 11.3 Å². The zero-order valence-electron chi connectivity index (χ0n) is 11.3. The summed E-state index contributed by atoms with van der Waals surface area (Å²) in [5, 5.41) is 8.90. The van der Waals surface area contributed by atoms with Crippen molar-refractivity contribution in [3.05, 3.63) is 23.9 Å². The number of nitriles is 1. The fourth-order valence-corrected chi connectivity index (χ4v) is 2.27. The number of pyridine rings is 1. The lowest BCUT2D eigenvalue weighted by atomic mass is 10.0. The van der Waals surface area contributed by atoms with Crippen LogP contribution in [0.15, 0.2) is 18.3 Å². The standard InChI is InChI=1S/C14H20N4/c1-14(2,3)18-8-6-17(7-9-18)13-10-12(11-15)4-5-16-13/h4-5,10H,6-9H2,1-3H3. The highest BCUT2D eigenvalue weighted by Gasteiger charge is 2.26. The number of hydrogen-bond acceptors (Lipinski definition) is 4. The largest absolute Gasteiger partial charge is 0.354 e. The molecule has 1 aromatic heterocycles. The molecule has 4 heteroatoms. The number of rotatable bonds is 1. The van der Waals surface area contributed by atoms with Gasteiger partial charge in [-0.2, -0.15) is 5.26 Å². The van der Waals surface area contributed by atoms with Crippen LogP contribution in [0.1, 0.15) is 26.3 Å². The highest BCUT2D eigenvalue weighted by molar-refractivity contribution is 5.45. The highest BCUT2D eigenvalue weighted by Crippen LogP contribution is 2.19. The van der Waals surface area contributed by atoms with E-state index in [4.69, 9.17) is 5.26 Å². The topological polar surface area (TPSA) is 43.2 Å². The summed E-state index contributed by atoms with van der Waals surface area (Å²) in [6.07, 6.45) is 1.71. The molecule has 0 bridgehead atoms. The number of piperazine rings is 1. The van der Waals surface area contributed by atoms with Gasteiger partial charge in [0, 0.05) is 37.9 Å². The molecular formula is C14H20N4. The Kier molecular flexibility index (Phi) is 3.53. The molecule has 2 rings (SSSR count). The van der Waals surface area contributed by atoms with Crippen molar-refractivity contribution in [3.8, 4) is 6.07 Å². The van der Waals surface area contributed by atoms with E-state index in [9.17, 15) is 0 Å². The van der Waals surface area contributed by atoms with Crippen LogP contribution in [-0.2, 0) is 0 Å². The summed E-state index contributed by atoms with van der Waals surface area (Å²) in [6, 6.07) is 5.78. The van der Waals surface area contributed by atoms with Gasteiger partial charge in [-0.15, -0.1) is 0 Å². The Labute approximate surface area is 109 Å². The molecule has 18 heavy (non-hydrogen) atoms. The second kappa shape index (κ2) is 4.95. The number of aromatic nitrogens is 1. The van der Waals surface area contributed by atoms with Crippen LogP contribution in [0.2, 0.25) is 0 Å². The Hall–Kier alpha value is -1.60. The summed E-state index contributed by atoms with van der Waals surface area (Å²) < 4.78 is 0. The maximum atomic E-state index is 8.90. The van der Waals surface area contributed by atoms with E-state index in [1.807, 2.05) is 6.07 Å². The third-order valence-electron chi connectivity index (χ3n) is 3.43. The molecule has 1 aliphatic heterocycles. The Bertz CT molecular complexity index is 448. The summed E-state index contributed by atoms with van der Waals surface area (Å²) >= 11 is 0. The molecule has 1 saturated heterocycles. The summed E-state index contributed by atoms with van der Waals surface area (Å²) in [5.74, 6) is 0.919. The van der Waals surface area contributed by atoms with Crippen LogP contribution in [0.3, 0.4) is 0 Å². The van der Waals surface area contributed by atoms with E-state index in [1.54, 1.807) is 12.3 Å². The molecule has 96 valence electrons. The van der Waals surface area contributed by atoms with Gasteiger partial charge in [-0.05, 0) is 32.9 Å². The summed E-state index contributed by atoms with van der Waals surface area (Å²) in [7, 11) is 0. The molecule has 0 atom stereocenters. The van der Waals surface area contributed by atoms with Crippen LogP contribution in [0.4, 0.5) is 5.82 Å². The van der Waals surface area contributed by atoms with Gasteiger partial charge in [0.05, 0.1) is 11.6 Å². The molecule has 0 spiro atoms. The fourth-order valence-electron chi connectivity index (χ4n) is 2.27. The van der Waals surface area contributed by atoms with E-state index >= 15 is 0 Å². The van der Waals surface area contributed by atoms with E-state index in [-0.39, 0.29) is 5.54 Å². The second-order valence-corrected chi connectivity index (χ2v) is 5.66. The van der Waals surface area contributed by atoms with Crippen LogP contribution in [0.25, 0.3) is 0 Å². The van der Waals surface area contributed by atoms with Gasteiger partial charge in [0.2, 0.25) is 0 Å². The van der Waals surface area contributed by atoms with Crippen molar-refractivity contribution in [2.24, 2.45) is 0 Å². The van der Waals surface area contributed by atoms with Gasteiger partial charge in [0.1, 0.15) is 5.82 Å². The molecule has 2 heterocycles. The highest BCUT2D eigenvalue weighted by atomic mass is 15.3. The lowest BCUT2D eigenvalue weighted by Gasteiger charge is -2.42. The summed E-state index contributed by atoms with van der Waals surface area (Å²) in [4.78, 5) is 9.09. The number of hydrogen-bond donors (Lipinski definition) is 0. The number of anilines is 1. The first-order valence-corrected chi connectivity index (χ1v) is 6.37. The molecule has 0 amide bonds. The lowest BCUT2D eigenvalue weighted by molar-refractivity contribution is 0.128. The van der Waals surface area contributed by atoms with E-state index in [2.05, 4.69) is 41.6 Å². The third-order valence-corrected chi connectivity index (χ3v) is 3.43. The molecule has 4 nitrogen and oxygen atoms in total. The monoisotopic (exact) mass is 244 g/mol. The molecular weight excluding hydrogens is 224 g/mol. The second-order valence-electron chi connectivity index (χ2n) is 5.66. The molecule has 0 aliphatic carbocycles. The van der Waals surface area contributed by atoms with Crippen molar-refractivity contribution in [2.45, 2.75) is 26.3 Å². The Balaban J connectivity index is 2.04. The fraction of sp³-hybridized carbons (Fsp3) is 0.571. The molecule has 1 aromatic rings. The van der Waals surface area contributed by atoms with Gasteiger partial charge in [-0.3, -0.25) is 4.90 Å². The van der Waals surface area contributed by atoms with Crippen LogP contribution >= 0.6 is 0 Å². The Morgan fingerprint density at radius 1 is 1.22 bits per heavy atom. The predicted molar refractivity (Wildman–Crippen MR) is 72.5 cm³/mol. The number of nitrogens with zero attached hydrogens (tertiary/aromatic N) is 4. The quantitative estimate of drug-likeness (QED) is 0.756. The van der Waals surface area contributed by atoms with Crippen molar-refractivity contribution in [2.75, 3.05) is 31.1 Å². The lowest BCUT2D eigenvalue weighted by Crippen LogP contribution is -2.53. The average Bonchev–Trinajstić information content (AvgIpc) is 2.38. The molecule has 0 N–H and O–H groups in total. The Morgan fingerprint density at radius 2 is 1.89 bits per heavy atom. The van der Waals surface area contributed by atoms with Gasteiger partial charge >= 0.3 is 0 Å². The average molecular weight is 244 g/mol. The van der Waals surface area contributed by atoms with Gasteiger partial charge in [0.15, 0.2) is 0 Å². The van der Waals surface area contributed by atoms with Crippen LogP contribution in [-0.4, -0.2) is 41.6 Å². The summed E-state index contributed by atoms with van der Waals surface area (Å²) in [6.45, 7) is 10.8. The maximum Gasteiger partial charge on any atom is 0.129 e. The Morgan fingerprint density at radius 3 is 2.44 bits per heavy atom. The molecule has 1 fully saturated rings. The van der Waals surface area contributed by atoms with Gasteiger partial charge in [-0.25, -0.2) is 4.98 Å². The smallest absolute Gasteiger partial charge is 0.129 e. The molecule has 0 radical (unpaired) electrons. The normalized spacial score (nSPS) is 17.6. The third kappa shape index (κ3) is 2.80. The first-order valence-electron chi connectivity index (χ1n) is 6.37. The van der Waals surface area contributed by atoms with Crippen molar-refractivity contribution in [3.63, 3.8) is 0 Å².